The molecule has 1 heterocycles. The molecule has 1 fully saturated rings. The Morgan fingerprint density at radius 3 is 2.61 bits per heavy atom. The van der Waals surface area contributed by atoms with Gasteiger partial charge in [-0.2, -0.15) is 0 Å². The van der Waals surface area contributed by atoms with E-state index >= 15 is 0 Å². The summed E-state index contributed by atoms with van der Waals surface area (Å²) in [6.45, 7) is 6.92. The Balaban J connectivity index is 2.52. The number of hydrogen-bond acceptors (Lipinski definition) is 3. The zero-order valence-corrected chi connectivity index (χ0v) is 17.7. The molecule has 0 spiro atoms. The van der Waals surface area contributed by atoms with Crippen molar-refractivity contribution in [1.82, 2.24) is 4.90 Å². The van der Waals surface area contributed by atoms with Gasteiger partial charge in [-0.1, -0.05) is 45.8 Å². The molecular weight excluding hydrogens is 354 g/mol. The normalized spacial score (nSPS) is 19.1. The topological polar surface area (TPSA) is 77.8 Å². The SMILES string of the molecule is CCC#CC[C@H](C(C)C)[C@H](O)C=C[C@H]1CCC(=O)N1CCCCCCC(=O)O. The molecule has 0 radical (unpaired) electrons. The van der Waals surface area contributed by atoms with Gasteiger partial charge in [0.1, 0.15) is 0 Å². The fourth-order valence-electron chi connectivity index (χ4n) is 3.61. The van der Waals surface area contributed by atoms with Gasteiger partial charge in [-0.3, -0.25) is 9.59 Å². The summed E-state index contributed by atoms with van der Waals surface area (Å²) in [4.78, 5) is 24.6. The summed E-state index contributed by atoms with van der Waals surface area (Å²) in [5, 5.41) is 19.3. The minimum absolute atomic E-state index is 0.0516. The predicted octanol–water partition coefficient (Wildman–Crippen LogP) is 4.01. The Morgan fingerprint density at radius 1 is 1.25 bits per heavy atom. The van der Waals surface area contributed by atoms with Gasteiger partial charge in [-0.05, 0) is 25.2 Å². The van der Waals surface area contributed by atoms with E-state index in [0.717, 1.165) is 32.1 Å². The Kier molecular flexibility index (Phi) is 11.6. The van der Waals surface area contributed by atoms with E-state index in [9.17, 15) is 14.7 Å². The Hall–Kier alpha value is -1.80. The van der Waals surface area contributed by atoms with Crippen molar-refractivity contribution in [3.8, 4) is 11.8 Å². The van der Waals surface area contributed by atoms with Crippen molar-refractivity contribution >= 4 is 11.9 Å². The number of likely N-dealkylation sites (tertiary alicyclic amines) is 1. The average Bonchev–Trinajstić information content (AvgIpc) is 2.99. The largest absolute Gasteiger partial charge is 0.481 e. The number of aliphatic carboxylic acids is 1. The van der Waals surface area contributed by atoms with E-state index in [1.807, 2.05) is 24.0 Å². The maximum absolute atomic E-state index is 12.2. The zero-order chi connectivity index (χ0) is 20.9. The number of hydrogen-bond donors (Lipinski definition) is 2. The lowest BCUT2D eigenvalue weighted by Gasteiger charge is -2.25. The standard InChI is InChI=1S/C23H37NO4/c1-4-5-8-11-20(18(2)3)21(25)15-13-19-14-16-22(26)24(19)17-10-7-6-9-12-23(27)28/h13,15,18-21,25H,4,6-7,9-12,14,16-17H2,1-3H3,(H,27,28)/t19-,20+,21+/m0/s1. The first kappa shape index (κ1) is 24.2. The van der Waals surface area contributed by atoms with Crippen LogP contribution in [0, 0.1) is 23.7 Å². The van der Waals surface area contributed by atoms with Crippen LogP contribution in [0.4, 0.5) is 0 Å². The van der Waals surface area contributed by atoms with Crippen molar-refractivity contribution < 1.29 is 19.8 Å². The van der Waals surface area contributed by atoms with Crippen LogP contribution in [-0.2, 0) is 9.59 Å². The first-order valence-electron chi connectivity index (χ1n) is 10.7. The van der Waals surface area contributed by atoms with E-state index < -0.39 is 12.1 Å². The highest BCUT2D eigenvalue weighted by Crippen LogP contribution is 2.24. The first-order chi connectivity index (χ1) is 13.4. The van der Waals surface area contributed by atoms with Crippen LogP contribution < -0.4 is 0 Å². The highest BCUT2D eigenvalue weighted by atomic mass is 16.4. The van der Waals surface area contributed by atoms with Crippen LogP contribution >= 0.6 is 0 Å². The molecule has 158 valence electrons. The average molecular weight is 392 g/mol. The second-order valence-electron chi connectivity index (χ2n) is 7.95. The number of carbonyl (C=O) groups is 2. The minimum Gasteiger partial charge on any atom is -0.481 e. The van der Waals surface area contributed by atoms with Gasteiger partial charge >= 0.3 is 5.97 Å². The second-order valence-corrected chi connectivity index (χ2v) is 7.95. The molecule has 0 aromatic rings. The molecule has 1 amide bonds. The lowest BCUT2D eigenvalue weighted by atomic mass is 9.87. The smallest absolute Gasteiger partial charge is 0.303 e. The molecule has 0 saturated carbocycles. The lowest BCUT2D eigenvalue weighted by Crippen LogP contribution is -2.33. The van der Waals surface area contributed by atoms with Crippen LogP contribution in [0.5, 0.6) is 0 Å². The van der Waals surface area contributed by atoms with Crippen molar-refractivity contribution in [2.45, 2.75) is 90.7 Å². The predicted molar refractivity (Wildman–Crippen MR) is 112 cm³/mol. The fourth-order valence-corrected chi connectivity index (χ4v) is 3.61. The molecule has 1 aliphatic rings. The second kappa shape index (κ2) is 13.4. The number of unbranched alkanes of at least 4 members (excludes halogenated alkanes) is 3. The number of carbonyl (C=O) groups excluding carboxylic acids is 1. The first-order valence-corrected chi connectivity index (χ1v) is 10.7. The van der Waals surface area contributed by atoms with Gasteiger partial charge in [0.05, 0.1) is 12.1 Å². The number of carboxylic acids is 1. The van der Waals surface area contributed by atoms with E-state index in [1.54, 1.807) is 0 Å². The number of amides is 1. The number of aliphatic hydroxyl groups is 1. The van der Waals surface area contributed by atoms with Crippen LogP contribution in [0.3, 0.4) is 0 Å². The lowest BCUT2D eigenvalue weighted by molar-refractivity contribution is -0.137. The van der Waals surface area contributed by atoms with E-state index in [-0.39, 0.29) is 24.3 Å². The monoisotopic (exact) mass is 391 g/mol. The van der Waals surface area contributed by atoms with E-state index in [4.69, 9.17) is 5.11 Å². The molecule has 0 unspecified atom stereocenters. The van der Waals surface area contributed by atoms with Crippen LogP contribution in [0.2, 0.25) is 0 Å². The molecule has 5 nitrogen and oxygen atoms in total. The van der Waals surface area contributed by atoms with Gasteiger partial charge < -0.3 is 15.1 Å². The maximum atomic E-state index is 12.2. The van der Waals surface area contributed by atoms with Crippen molar-refractivity contribution in [2.75, 3.05) is 6.54 Å². The van der Waals surface area contributed by atoms with Crippen molar-refractivity contribution in [3.63, 3.8) is 0 Å². The molecule has 0 aromatic heterocycles. The molecule has 1 rings (SSSR count). The third kappa shape index (κ3) is 8.93. The van der Waals surface area contributed by atoms with Crippen molar-refractivity contribution in [3.05, 3.63) is 12.2 Å². The molecule has 0 bridgehead atoms. The minimum atomic E-state index is -0.751. The number of rotatable bonds is 12. The molecule has 2 N–H and O–H groups in total. The van der Waals surface area contributed by atoms with Crippen LogP contribution in [0.1, 0.15) is 78.6 Å². The molecule has 3 atom stereocenters. The van der Waals surface area contributed by atoms with Crippen molar-refractivity contribution in [2.24, 2.45) is 11.8 Å². The quantitative estimate of drug-likeness (QED) is 0.299. The summed E-state index contributed by atoms with van der Waals surface area (Å²) in [5.41, 5.74) is 0. The fraction of sp³-hybridized carbons (Fsp3) is 0.739. The summed E-state index contributed by atoms with van der Waals surface area (Å²) in [6.07, 6.45) is 9.74. The Morgan fingerprint density at radius 2 is 1.96 bits per heavy atom. The maximum Gasteiger partial charge on any atom is 0.303 e. The molecule has 1 aliphatic heterocycles. The van der Waals surface area contributed by atoms with Gasteiger partial charge in [-0.15, -0.1) is 11.8 Å². The summed E-state index contributed by atoms with van der Waals surface area (Å²) in [5.74, 6) is 6.06. The van der Waals surface area contributed by atoms with Gasteiger partial charge in [0.25, 0.3) is 0 Å². The summed E-state index contributed by atoms with van der Waals surface area (Å²) in [7, 11) is 0. The van der Waals surface area contributed by atoms with E-state index in [1.165, 1.54) is 0 Å². The molecule has 1 saturated heterocycles. The number of nitrogens with zero attached hydrogens (tertiary/aromatic N) is 1. The molecular formula is C23H37NO4. The number of carboxylic acid groups (broad SMARTS) is 1. The van der Waals surface area contributed by atoms with Crippen molar-refractivity contribution in [1.29, 1.82) is 0 Å². The third-order valence-corrected chi connectivity index (χ3v) is 5.38. The molecule has 0 aromatic carbocycles. The third-order valence-electron chi connectivity index (χ3n) is 5.38. The Labute approximate surface area is 170 Å². The van der Waals surface area contributed by atoms with Gasteiger partial charge in [-0.25, -0.2) is 0 Å². The molecule has 5 heteroatoms. The van der Waals surface area contributed by atoms with Gasteiger partial charge in [0.2, 0.25) is 5.91 Å². The van der Waals surface area contributed by atoms with E-state index in [2.05, 4.69) is 25.7 Å². The Bertz CT molecular complexity index is 573. The molecule has 28 heavy (non-hydrogen) atoms. The summed E-state index contributed by atoms with van der Waals surface area (Å²) in [6, 6.07) is 0.0516. The van der Waals surface area contributed by atoms with Gasteiger partial charge in [0.15, 0.2) is 0 Å². The highest BCUT2D eigenvalue weighted by Gasteiger charge is 2.29. The molecule has 0 aliphatic carbocycles. The number of aliphatic hydroxyl groups excluding tert-OH is 1. The summed E-state index contributed by atoms with van der Waals surface area (Å²) >= 11 is 0. The van der Waals surface area contributed by atoms with Crippen LogP contribution in [-0.4, -0.2) is 45.7 Å². The summed E-state index contributed by atoms with van der Waals surface area (Å²) < 4.78 is 0. The van der Waals surface area contributed by atoms with Crippen LogP contribution in [0.15, 0.2) is 12.2 Å². The van der Waals surface area contributed by atoms with Gasteiger partial charge in [0, 0.05) is 38.1 Å². The van der Waals surface area contributed by atoms with E-state index in [0.29, 0.717) is 31.7 Å². The zero-order valence-electron chi connectivity index (χ0n) is 17.7. The van der Waals surface area contributed by atoms with Crippen LogP contribution in [0.25, 0.3) is 0 Å². The highest BCUT2D eigenvalue weighted by molar-refractivity contribution is 5.79.